The first-order valence-corrected chi connectivity index (χ1v) is 12.4. The van der Waals surface area contributed by atoms with Gasteiger partial charge in [-0.05, 0) is 23.6 Å². The van der Waals surface area contributed by atoms with E-state index in [0.717, 1.165) is 10.6 Å². The zero-order chi connectivity index (χ0) is 17.3. The van der Waals surface area contributed by atoms with Gasteiger partial charge >= 0.3 is 0 Å². The summed E-state index contributed by atoms with van der Waals surface area (Å²) in [5, 5.41) is 0.736. The van der Waals surface area contributed by atoms with Crippen molar-refractivity contribution in [1.82, 2.24) is 0 Å². The van der Waals surface area contributed by atoms with Gasteiger partial charge in [-0.3, -0.25) is 4.79 Å². The van der Waals surface area contributed by atoms with Crippen molar-refractivity contribution in [2.24, 2.45) is 11.8 Å². The van der Waals surface area contributed by atoms with Gasteiger partial charge in [-0.25, -0.2) is 0 Å². The van der Waals surface area contributed by atoms with Crippen molar-refractivity contribution < 1.29 is 4.79 Å². The molecule has 2 aromatic rings. The topological polar surface area (TPSA) is 17.1 Å². The molecule has 3 heteroatoms. The molecule has 0 spiro atoms. The Labute approximate surface area is 150 Å². The molecule has 0 unspecified atom stereocenters. The summed E-state index contributed by atoms with van der Waals surface area (Å²) in [6.45, 7) is 6.95. The van der Waals surface area contributed by atoms with Crippen LogP contribution in [0, 0.1) is 11.8 Å². The maximum absolute atomic E-state index is 12.9. The minimum atomic E-state index is -1.28. The summed E-state index contributed by atoms with van der Waals surface area (Å²) in [6, 6.07) is 17.6. The second kappa shape index (κ2) is 6.70. The molecule has 0 amide bonds. The van der Waals surface area contributed by atoms with Gasteiger partial charge in [0, 0.05) is 22.4 Å². The first-order valence-electron chi connectivity index (χ1n) is 8.41. The van der Waals surface area contributed by atoms with Crippen LogP contribution < -0.4 is 0 Å². The number of hydrogen-bond acceptors (Lipinski definition) is 1. The molecule has 3 atom stereocenters. The molecular formula is C21H23ClOSi. The van der Waals surface area contributed by atoms with Gasteiger partial charge in [0.25, 0.3) is 0 Å². The van der Waals surface area contributed by atoms with E-state index in [2.05, 4.69) is 43.5 Å². The minimum Gasteiger partial charge on any atom is -0.294 e. The van der Waals surface area contributed by atoms with Gasteiger partial charge in [-0.1, -0.05) is 85.5 Å². The van der Waals surface area contributed by atoms with Gasteiger partial charge < -0.3 is 0 Å². The molecule has 0 radical (unpaired) electrons. The van der Waals surface area contributed by atoms with Gasteiger partial charge in [-0.15, -0.1) is 0 Å². The lowest BCUT2D eigenvalue weighted by Crippen LogP contribution is -2.15. The molecule has 0 saturated heterocycles. The second-order valence-corrected chi connectivity index (χ2v) is 13.1. The van der Waals surface area contributed by atoms with Crippen molar-refractivity contribution in [1.29, 1.82) is 0 Å². The maximum Gasteiger partial charge on any atom is 0.167 e. The molecule has 1 fully saturated rings. The summed E-state index contributed by atoms with van der Waals surface area (Å²) in [5.74, 6) is 0.857. The summed E-state index contributed by atoms with van der Waals surface area (Å²) in [4.78, 5) is 12.9. The van der Waals surface area contributed by atoms with Crippen molar-refractivity contribution in [2.75, 3.05) is 0 Å². The number of rotatable bonds is 5. The SMILES string of the molecule is C[Si](C)(C)/C=C/[C@@H]1[C@H](C(=O)c2ccccc2)[C@H]1c1ccc(Cl)cc1. The molecule has 1 nitrogen and oxygen atoms in total. The predicted octanol–water partition coefficient (Wildman–Crippen LogP) is 5.99. The average molecular weight is 355 g/mol. The summed E-state index contributed by atoms with van der Waals surface area (Å²) in [6.07, 6.45) is 2.29. The van der Waals surface area contributed by atoms with Crippen LogP contribution in [0.1, 0.15) is 21.8 Å². The Morgan fingerprint density at radius 2 is 1.62 bits per heavy atom. The van der Waals surface area contributed by atoms with Crippen LogP contribution in [0.4, 0.5) is 0 Å². The lowest BCUT2D eigenvalue weighted by molar-refractivity contribution is 0.0961. The highest BCUT2D eigenvalue weighted by Gasteiger charge is 2.53. The molecule has 0 N–H and O–H groups in total. The summed E-state index contributed by atoms with van der Waals surface area (Å²) in [5.41, 5.74) is 4.38. The number of benzene rings is 2. The van der Waals surface area contributed by atoms with Crippen LogP contribution in [0.5, 0.6) is 0 Å². The van der Waals surface area contributed by atoms with E-state index in [0.29, 0.717) is 5.92 Å². The van der Waals surface area contributed by atoms with Gasteiger partial charge in [0.15, 0.2) is 5.78 Å². The van der Waals surface area contributed by atoms with Gasteiger partial charge in [-0.2, -0.15) is 0 Å². The Hall–Kier alpha value is -1.64. The number of carbonyl (C=O) groups excluding carboxylic acids is 1. The fourth-order valence-electron chi connectivity index (χ4n) is 3.22. The Kier molecular flexibility index (Phi) is 4.80. The summed E-state index contributed by atoms with van der Waals surface area (Å²) >= 11 is 6.01. The fraction of sp³-hybridized carbons (Fsp3) is 0.286. The van der Waals surface area contributed by atoms with Gasteiger partial charge in [0.2, 0.25) is 0 Å². The molecule has 1 aliphatic carbocycles. The van der Waals surface area contributed by atoms with E-state index in [-0.39, 0.29) is 17.6 Å². The molecule has 0 heterocycles. The maximum atomic E-state index is 12.9. The normalized spacial score (nSPS) is 23.4. The van der Waals surface area contributed by atoms with Crippen LogP contribution in [0.25, 0.3) is 0 Å². The highest BCUT2D eigenvalue weighted by molar-refractivity contribution is 6.80. The monoisotopic (exact) mass is 354 g/mol. The van der Waals surface area contributed by atoms with E-state index in [4.69, 9.17) is 11.6 Å². The quantitative estimate of drug-likeness (QED) is 0.476. The molecule has 1 aliphatic rings. The van der Waals surface area contributed by atoms with E-state index in [1.54, 1.807) is 0 Å². The van der Waals surface area contributed by atoms with Crippen molar-refractivity contribution in [3.05, 3.63) is 82.5 Å². The molecule has 124 valence electrons. The number of hydrogen-bond donors (Lipinski definition) is 0. The van der Waals surface area contributed by atoms with Gasteiger partial charge in [0.05, 0.1) is 8.07 Å². The number of allylic oxidation sites excluding steroid dienone is 1. The number of Topliss-reactive ketones (excluding diaryl/α,β-unsaturated/α-hetero) is 1. The lowest BCUT2D eigenvalue weighted by atomic mass is 10.0. The highest BCUT2D eigenvalue weighted by Crippen LogP contribution is 2.56. The third-order valence-corrected chi connectivity index (χ3v) is 5.95. The van der Waals surface area contributed by atoms with Crippen LogP contribution in [-0.2, 0) is 0 Å². The second-order valence-electron chi connectivity index (χ2n) is 7.64. The molecule has 0 bridgehead atoms. The molecule has 0 aliphatic heterocycles. The van der Waals surface area contributed by atoms with Crippen molar-refractivity contribution in [2.45, 2.75) is 25.6 Å². The van der Waals surface area contributed by atoms with Crippen molar-refractivity contribution in [3.8, 4) is 0 Å². The first-order chi connectivity index (χ1) is 11.4. The van der Waals surface area contributed by atoms with E-state index in [1.807, 2.05) is 42.5 Å². The first kappa shape index (κ1) is 17.2. The zero-order valence-electron chi connectivity index (χ0n) is 14.4. The van der Waals surface area contributed by atoms with Crippen molar-refractivity contribution >= 4 is 25.5 Å². The van der Waals surface area contributed by atoms with E-state index < -0.39 is 8.07 Å². The van der Waals surface area contributed by atoms with E-state index in [9.17, 15) is 4.79 Å². The Morgan fingerprint density at radius 1 is 1.00 bits per heavy atom. The summed E-state index contributed by atoms with van der Waals surface area (Å²) in [7, 11) is -1.28. The number of halogens is 1. The Balaban J connectivity index is 1.88. The molecule has 24 heavy (non-hydrogen) atoms. The molecule has 0 aromatic heterocycles. The lowest BCUT2D eigenvalue weighted by Gasteiger charge is -2.07. The molecular weight excluding hydrogens is 332 g/mol. The van der Waals surface area contributed by atoms with Crippen LogP contribution in [0.15, 0.2) is 66.4 Å². The standard InChI is InChI=1S/C21H23ClOSi/c1-24(2,3)14-13-18-19(15-9-11-17(22)12-10-15)20(18)21(23)16-7-5-4-6-8-16/h4-14,18-20H,1-3H3/b14-13+/t18-,19-,20-/m0/s1. The minimum absolute atomic E-state index is 0.0428. The van der Waals surface area contributed by atoms with Crippen LogP contribution >= 0.6 is 11.6 Å². The summed E-state index contributed by atoms with van der Waals surface area (Å²) < 4.78 is 0. The van der Waals surface area contributed by atoms with Crippen LogP contribution in [0.3, 0.4) is 0 Å². The Morgan fingerprint density at radius 3 is 2.21 bits per heavy atom. The molecule has 3 rings (SSSR count). The highest BCUT2D eigenvalue weighted by atomic mass is 35.5. The number of carbonyl (C=O) groups is 1. The predicted molar refractivity (Wildman–Crippen MR) is 104 cm³/mol. The molecule has 1 saturated carbocycles. The molecule has 2 aromatic carbocycles. The third-order valence-electron chi connectivity index (χ3n) is 4.51. The third kappa shape index (κ3) is 3.88. The van der Waals surface area contributed by atoms with E-state index in [1.165, 1.54) is 5.56 Å². The van der Waals surface area contributed by atoms with Crippen LogP contribution in [0.2, 0.25) is 24.7 Å². The van der Waals surface area contributed by atoms with Crippen molar-refractivity contribution in [3.63, 3.8) is 0 Å². The average Bonchev–Trinajstić information content (AvgIpc) is 3.27. The largest absolute Gasteiger partial charge is 0.294 e. The zero-order valence-corrected chi connectivity index (χ0v) is 16.1. The van der Waals surface area contributed by atoms with Crippen LogP contribution in [-0.4, -0.2) is 13.9 Å². The fourth-order valence-corrected chi connectivity index (χ4v) is 4.15. The van der Waals surface area contributed by atoms with Gasteiger partial charge in [0.1, 0.15) is 0 Å². The smallest absolute Gasteiger partial charge is 0.167 e. The Bertz CT molecular complexity index is 744. The van der Waals surface area contributed by atoms with E-state index >= 15 is 0 Å². The number of ketones is 1.